The van der Waals surface area contributed by atoms with E-state index in [0.717, 1.165) is 24.8 Å². The molecule has 2 aliphatic carbocycles. The molecule has 2 unspecified atom stereocenters. The molecule has 0 saturated heterocycles. The Hall–Kier alpha value is -2.43. The Morgan fingerprint density at radius 3 is 2.60 bits per heavy atom. The van der Waals surface area contributed by atoms with Crippen LogP contribution in [0.25, 0.3) is 11.3 Å². The Labute approximate surface area is 146 Å². The molecule has 2 fully saturated rings. The molecule has 25 heavy (non-hydrogen) atoms. The van der Waals surface area contributed by atoms with Gasteiger partial charge in [-0.25, -0.2) is 4.98 Å². The van der Waals surface area contributed by atoms with Crippen molar-refractivity contribution in [3.05, 3.63) is 42.4 Å². The van der Waals surface area contributed by atoms with E-state index in [-0.39, 0.29) is 30.3 Å². The van der Waals surface area contributed by atoms with Crippen molar-refractivity contribution in [2.24, 2.45) is 17.8 Å². The summed E-state index contributed by atoms with van der Waals surface area (Å²) in [5.41, 5.74) is 0.936. The lowest BCUT2D eigenvalue weighted by Gasteiger charge is -2.36. The zero-order chi connectivity index (χ0) is 17.2. The Kier molecular flexibility index (Phi) is 4.38. The number of Topliss-reactive ketones (excluding diaryl/α,β-unsaturated/α-hetero) is 1. The molecule has 1 aromatic carbocycles. The lowest BCUT2D eigenvalue weighted by atomic mass is 9.67. The molecule has 2 aliphatic rings. The predicted molar refractivity (Wildman–Crippen MR) is 90.3 cm³/mol. The minimum Gasteiger partial charge on any atom is -0.455 e. The third kappa shape index (κ3) is 3.36. The van der Waals surface area contributed by atoms with E-state index < -0.39 is 0 Å². The summed E-state index contributed by atoms with van der Waals surface area (Å²) in [4.78, 5) is 28.7. The quantitative estimate of drug-likeness (QED) is 0.793. The third-order valence-corrected chi connectivity index (χ3v) is 5.33. The number of fused-ring (bicyclic) bond motifs is 2. The Morgan fingerprint density at radius 2 is 1.88 bits per heavy atom. The van der Waals surface area contributed by atoms with Crippen LogP contribution in [-0.2, 0) is 20.9 Å². The van der Waals surface area contributed by atoms with Crippen molar-refractivity contribution in [2.75, 3.05) is 0 Å². The predicted octanol–water partition coefficient (Wildman–Crippen LogP) is 3.78. The zero-order valence-electron chi connectivity index (χ0n) is 14.0. The number of esters is 1. The smallest absolute Gasteiger partial charge is 0.309 e. The van der Waals surface area contributed by atoms with Gasteiger partial charge in [-0.3, -0.25) is 9.59 Å². The molecular weight excluding hydrogens is 318 g/mol. The van der Waals surface area contributed by atoms with E-state index in [9.17, 15) is 9.59 Å². The van der Waals surface area contributed by atoms with Gasteiger partial charge in [-0.1, -0.05) is 36.8 Å². The van der Waals surface area contributed by atoms with Gasteiger partial charge < -0.3 is 9.15 Å². The molecular formula is C20H21NO4. The SMILES string of the molecule is O=C(OCc1ncc(-c2ccccc2)o1)C1CC2CCCC(C1)C2=O. The van der Waals surface area contributed by atoms with Gasteiger partial charge in [0, 0.05) is 17.4 Å². The van der Waals surface area contributed by atoms with Crippen LogP contribution < -0.4 is 0 Å². The molecule has 2 atom stereocenters. The Bertz CT molecular complexity index is 751. The average molecular weight is 339 g/mol. The number of carbonyl (C=O) groups excluding carboxylic acids is 2. The summed E-state index contributed by atoms with van der Waals surface area (Å²) in [6, 6.07) is 9.67. The van der Waals surface area contributed by atoms with Crippen molar-refractivity contribution in [3.63, 3.8) is 0 Å². The fourth-order valence-corrected chi connectivity index (χ4v) is 4.04. The topological polar surface area (TPSA) is 69.4 Å². The first kappa shape index (κ1) is 16.1. The molecule has 2 saturated carbocycles. The molecule has 5 nitrogen and oxygen atoms in total. The van der Waals surface area contributed by atoms with Gasteiger partial charge in [0.1, 0.15) is 5.78 Å². The highest BCUT2D eigenvalue weighted by molar-refractivity contribution is 5.87. The van der Waals surface area contributed by atoms with Crippen LogP contribution in [0.1, 0.15) is 38.0 Å². The highest BCUT2D eigenvalue weighted by atomic mass is 16.5. The fourth-order valence-electron chi connectivity index (χ4n) is 4.04. The normalized spacial score (nSPS) is 25.6. The number of rotatable bonds is 4. The van der Waals surface area contributed by atoms with Crippen LogP contribution in [0.4, 0.5) is 0 Å². The molecule has 4 rings (SSSR count). The van der Waals surface area contributed by atoms with Crippen LogP contribution >= 0.6 is 0 Å². The summed E-state index contributed by atoms with van der Waals surface area (Å²) < 4.78 is 11.1. The van der Waals surface area contributed by atoms with Gasteiger partial charge in [-0.15, -0.1) is 0 Å². The highest BCUT2D eigenvalue weighted by Crippen LogP contribution is 2.40. The third-order valence-electron chi connectivity index (χ3n) is 5.33. The molecule has 5 heteroatoms. The molecule has 0 amide bonds. The number of hydrogen-bond donors (Lipinski definition) is 0. The number of nitrogens with zero attached hydrogens (tertiary/aromatic N) is 1. The molecule has 0 spiro atoms. The highest BCUT2D eigenvalue weighted by Gasteiger charge is 2.41. The number of carbonyl (C=O) groups is 2. The minimum atomic E-state index is -0.233. The van der Waals surface area contributed by atoms with E-state index >= 15 is 0 Å². The van der Waals surface area contributed by atoms with Gasteiger partial charge in [0.2, 0.25) is 5.89 Å². The Morgan fingerprint density at radius 1 is 1.16 bits per heavy atom. The van der Waals surface area contributed by atoms with E-state index in [2.05, 4.69) is 4.98 Å². The summed E-state index contributed by atoms with van der Waals surface area (Å²) >= 11 is 0. The standard InChI is InChI=1S/C20H21NO4/c22-19-14-7-4-8-15(19)10-16(9-14)20(23)24-12-18-21-11-17(25-18)13-5-2-1-3-6-13/h1-3,5-6,11,14-16H,4,7-10,12H2. The number of ether oxygens (including phenoxy) is 1. The van der Waals surface area contributed by atoms with Gasteiger partial charge in [0.25, 0.3) is 0 Å². The number of benzene rings is 1. The van der Waals surface area contributed by atoms with Gasteiger partial charge in [-0.05, 0) is 25.7 Å². The van der Waals surface area contributed by atoms with Crippen molar-refractivity contribution in [2.45, 2.75) is 38.7 Å². The summed E-state index contributed by atoms with van der Waals surface area (Å²) in [6.07, 6.45) is 5.84. The lowest BCUT2D eigenvalue weighted by molar-refractivity contribution is -0.155. The maximum atomic E-state index is 12.4. The van der Waals surface area contributed by atoms with Crippen LogP contribution in [0.15, 0.2) is 40.9 Å². The summed E-state index contributed by atoms with van der Waals surface area (Å²) in [7, 11) is 0. The monoisotopic (exact) mass is 339 g/mol. The second-order valence-corrected chi connectivity index (χ2v) is 6.99. The molecule has 1 heterocycles. The number of aromatic nitrogens is 1. The fraction of sp³-hybridized carbons (Fsp3) is 0.450. The van der Waals surface area contributed by atoms with E-state index in [0.29, 0.717) is 30.3 Å². The van der Waals surface area contributed by atoms with Gasteiger partial charge >= 0.3 is 5.97 Å². The molecule has 2 aromatic rings. The number of oxazole rings is 1. The van der Waals surface area contributed by atoms with Crippen LogP contribution in [0.2, 0.25) is 0 Å². The van der Waals surface area contributed by atoms with Crippen molar-refractivity contribution >= 4 is 11.8 Å². The first-order valence-electron chi connectivity index (χ1n) is 8.91. The Balaban J connectivity index is 1.35. The first-order chi connectivity index (χ1) is 12.2. The average Bonchev–Trinajstić information content (AvgIpc) is 3.09. The largest absolute Gasteiger partial charge is 0.455 e. The summed E-state index contributed by atoms with van der Waals surface area (Å²) in [6.45, 7) is 0.0332. The molecule has 2 bridgehead atoms. The van der Waals surface area contributed by atoms with Gasteiger partial charge in [0.15, 0.2) is 12.4 Å². The van der Waals surface area contributed by atoms with Gasteiger partial charge in [-0.2, -0.15) is 0 Å². The van der Waals surface area contributed by atoms with Crippen molar-refractivity contribution in [1.82, 2.24) is 4.98 Å². The van der Waals surface area contributed by atoms with Crippen LogP contribution in [0.3, 0.4) is 0 Å². The van der Waals surface area contributed by atoms with Crippen LogP contribution in [0.5, 0.6) is 0 Å². The second kappa shape index (κ2) is 6.82. The molecule has 1 aromatic heterocycles. The van der Waals surface area contributed by atoms with E-state index in [1.165, 1.54) is 0 Å². The zero-order valence-corrected chi connectivity index (χ0v) is 14.0. The molecule has 0 radical (unpaired) electrons. The minimum absolute atomic E-state index is 0.0332. The van der Waals surface area contributed by atoms with Crippen molar-refractivity contribution < 1.29 is 18.7 Å². The maximum absolute atomic E-state index is 12.4. The van der Waals surface area contributed by atoms with Crippen molar-refractivity contribution in [3.8, 4) is 11.3 Å². The second-order valence-electron chi connectivity index (χ2n) is 6.99. The molecule has 0 N–H and O–H groups in total. The number of hydrogen-bond acceptors (Lipinski definition) is 5. The van der Waals surface area contributed by atoms with E-state index in [4.69, 9.17) is 9.15 Å². The number of ketones is 1. The lowest BCUT2D eigenvalue weighted by Crippen LogP contribution is -2.39. The molecule has 130 valence electrons. The van der Waals surface area contributed by atoms with Crippen LogP contribution in [0, 0.1) is 17.8 Å². The van der Waals surface area contributed by atoms with E-state index in [1.54, 1.807) is 6.20 Å². The molecule has 0 aliphatic heterocycles. The first-order valence-corrected chi connectivity index (χ1v) is 8.91. The van der Waals surface area contributed by atoms with Crippen molar-refractivity contribution in [1.29, 1.82) is 0 Å². The van der Waals surface area contributed by atoms with Crippen LogP contribution in [-0.4, -0.2) is 16.7 Å². The summed E-state index contributed by atoms with van der Waals surface area (Å²) in [5.74, 6) is 1.10. The van der Waals surface area contributed by atoms with Gasteiger partial charge in [0.05, 0.1) is 12.1 Å². The maximum Gasteiger partial charge on any atom is 0.309 e. The summed E-state index contributed by atoms with van der Waals surface area (Å²) in [5, 5.41) is 0. The van der Waals surface area contributed by atoms with E-state index in [1.807, 2.05) is 30.3 Å².